The first-order valence-corrected chi connectivity index (χ1v) is 8.22. The third-order valence-electron chi connectivity index (χ3n) is 4.26. The molecule has 1 aliphatic heterocycles. The van der Waals surface area contributed by atoms with E-state index in [1.807, 2.05) is 4.90 Å². The van der Waals surface area contributed by atoms with Crippen LogP contribution in [-0.2, 0) is 6.54 Å². The van der Waals surface area contributed by atoms with Crippen LogP contribution in [0.2, 0.25) is 5.02 Å². The molecule has 0 aliphatic carbocycles. The number of nitrogens with two attached hydrogens (primary N) is 1. The number of rotatable bonds is 3. The van der Waals surface area contributed by atoms with Crippen molar-refractivity contribution >= 4 is 23.2 Å². The zero-order valence-electron chi connectivity index (χ0n) is 13.2. The zero-order chi connectivity index (χ0) is 17.1. The van der Waals surface area contributed by atoms with Gasteiger partial charge in [0.25, 0.3) is 5.91 Å². The molecule has 4 nitrogen and oxygen atoms in total. The Morgan fingerprint density at radius 2 is 1.75 bits per heavy atom. The van der Waals surface area contributed by atoms with Gasteiger partial charge in [-0.15, -0.1) is 0 Å². The average molecular weight is 348 g/mol. The molecule has 3 rings (SSSR count). The largest absolute Gasteiger partial charge is 0.399 e. The lowest BCUT2D eigenvalue weighted by Gasteiger charge is -2.35. The fourth-order valence-corrected chi connectivity index (χ4v) is 3.05. The number of halogens is 2. The Morgan fingerprint density at radius 3 is 2.38 bits per heavy atom. The number of carbonyl (C=O) groups excluding carboxylic acids is 1. The van der Waals surface area contributed by atoms with Crippen LogP contribution in [0.1, 0.15) is 15.9 Å². The molecule has 0 saturated carbocycles. The van der Waals surface area contributed by atoms with E-state index in [0.29, 0.717) is 54.6 Å². The number of benzene rings is 2. The predicted molar refractivity (Wildman–Crippen MR) is 93.4 cm³/mol. The van der Waals surface area contributed by atoms with Gasteiger partial charge in [-0.25, -0.2) is 4.39 Å². The Balaban J connectivity index is 1.59. The summed E-state index contributed by atoms with van der Waals surface area (Å²) in [6.07, 6.45) is 0. The highest BCUT2D eigenvalue weighted by molar-refractivity contribution is 6.31. The van der Waals surface area contributed by atoms with E-state index in [4.69, 9.17) is 17.3 Å². The number of nitrogen functional groups attached to an aromatic ring is 1. The number of amides is 1. The van der Waals surface area contributed by atoms with Crippen molar-refractivity contribution in [3.8, 4) is 0 Å². The summed E-state index contributed by atoms with van der Waals surface area (Å²) in [5, 5.41) is 0.440. The van der Waals surface area contributed by atoms with Crippen molar-refractivity contribution in [1.29, 1.82) is 0 Å². The van der Waals surface area contributed by atoms with Gasteiger partial charge in [-0.1, -0.05) is 17.7 Å². The maximum Gasteiger partial charge on any atom is 0.253 e. The van der Waals surface area contributed by atoms with Crippen molar-refractivity contribution in [2.45, 2.75) is 6.54 Å². The van der Waals surface area contributed by atoms with Gasteiger partial charge in [0.15, 0.2) is 0 Å². The smallest absolute Gasteiger partial charge is 0.253 e. The highest BCUT2D eigenvalue weighted by Crippen LogP contribution is 2.21. The Hall–Kier alpha value is -2.11. The first-order chi connectivity index (χ1) is 11.5. The standard InChI is InChI=1S/C18H19ClFN3O/c19-16-2-1-3-17(20)15(16)12-22-8-10-23(11-9-22)18(24)13-4-6-14(21)7-5-13/h1-7H,8-12,21H2. The van der Waals surface area contributed by atoms with Crippen molar-refractivity contribution in [3.63, 3.8) is 0 Å². The Bertz CT molecular complexity index is 707. The molecule has 126 valence electrons. The fourth-order valence-electron chi connectivity index (χ4n) is 2.82. The molecule has 0 aromatic heterocycles. The molecule has 1 fully saturated rings. The second kappa shape index (κ2) is 7.20. The molecule has 1 saturated heterocycles. The first-order valence-electron chi connectivity index (χ1n) is 7.84. The normalized spacial score (nSPS) is 15.5. The number of nitrogens with zero attached hydrogens (tertiary/aromatic N) is 2. The first kappa shape index (κ1) is 16.7. The summed E-state index contributed by atoms with van der Waals surface area (Å²) in [5.41, 5.74) is 7.43. The maximum absolute atomic E-state index is 13.9. The van der Waals surface area contributed by atoms with Gasteiger partial charge in [0.2, 0.25) is 0 Å². The Kier molecular flexibility index (Phi) is 5.02. The monoisotopic (exact) mass is 347 g/mol. The van der Waals surface area contributed by atoms with E-state index in [2.05, 4.69) is 4.90 Å². The summed E-state index contributed by atoms with van der Waals surface area (Å²) in [4.78, 5) is 16.4. The number of hydrogen-bond acceptors (Lipinski definition) is 3. The quantitative estimate of drug-likeness (QED) is 0.868. The molecule has 1 heterocycles. The van der Waals surface area contributed by atoms with Gasteiger partial charge in [0.05, 0.1) is 0 Å². The van der Waals surface area contributed by atoms with Crippen LogP contribution in [0.5, 0.6) is 0 Å². The van der Waals surface area contributed by atoms with E-state index in [1.54, 1.807) is 36.4 Å². The van der Waals surface area contributed by atoms with Crippen molar-refractivity contribution in [2.75, 3.05) is 31.9 Å². The Labute approximate surface area is 145 Å². The third-order valence-corrected chi connectivity index (χ3v) is 4.61. The molecule has 0 unspecified atom stereocenters. The predicted octanol–water partition coefficient (Wildman–Crippen LogP) is 3.02. The molecule has 2 aromatic rings. The highest BCUT2D eigenvalue weighted by Gasteiger charge is 2.23. The minimum Gasteiger partial charge on any atom is -0.399 e. The van der Waals surface area contributed by atoms with Crippen LogP contribution in [0.4, 0.5) is 10.1 Å². The van der Waals surface area contributed by atoms with Crippen molar-refractivity contribution in [1.82, 2.24) is 9.80 Å². The molecular formula is C18H19ClFN3O. The van der Waals surface area contributed by atoms with Crippen LogP contribution < -0.4 is 5.73 Å². The summed E-state index contributed by atoms with van der Waals surface area (Å²) < 4.78 is 13.9. The van der Waals surface area contributed by atoms with Gasteiger partial charge in [0, 0.05) is 54.6 Å². The lowest BCUT2D eigenvalue weighted by atomic mass is 10.1. The summed E-state index contributed by atoms with van der Waals surface area (Å²) in [6, 6.07) is 11.6. The van der Waals surface area contributed by atoms with Gasteiger partial charge in [0.1, 0.15) is 5.82 Å². The second-order valence-electron chi connectivity index (χ2n) is 5.89. The van der Waals surface area contributed by atoms with Crippen LogP contribution in [0.3, 0.4) is 0 Å². The van der Waals surface area contributed by atoms with Gasteiger partial charge >= 0.3 is 0 Å². The van der Waals surface area contributed by atoms with Crippen molar-refractivity contribution in [3.05, 3.63) is 64.4 Å². The van der Waals surface area contributed by atoms with Crippen LogP contribution in [-0.4, -0.2) is 41.9 Å². The van der Waals surface area contributed by atoms with E-state index >= 15 is 0 Å². The molecule has 1 amide bonds. The van der Waals surface area contributed by atoms with Gasteiger partial charge < -0.3 is 10.6 Å². The van der Waals surface area contributed by atoms with Crippen LogP contribution in [0.15, 0.2) is 42.5 Å². The third kappa shape index (κ3) is 3.68. The summed E-state index contributed by atoms with van der Waals surface area (Å²) in [5.74, 6) is -0.290. The zero-order valence-corrected chi connectivity index (χ0v) is 14.0. The van der Waals surface area contributed by atoms with Crippen LogP contribution in [0.25, 0.3) is 0 Å². The number of piperazine rings is 1. The molecule has 0 spiro atoms. The van der Waals surface area contributed by atoms with E-state index in [1.165, 1.54) is 6.07 Å². The molecule has 0 bridgehead atoms. The van der Waals surface area contributed by atoms with Crippen molar-refractivity contribution < 1.29 is 9.18 Å². The SMILES string of the molecule is Nc1ccc(C(=O)N2CCN(Cc3c(F)cccc3Cl)CC2)cc1. The highest BCUT2D eigenvalue weighted by atomic mass is 35.5. The van der Waals surface area contributed by atoms with Gasteiger partial charge in [-0.2, -0.15) is 0 Å². The molecule has 2 aromatic carbocycles. The minimum absolute atomic E-state index is 0.00132. The summed E-state index contributed by atoms with van der Waals surface area (Å²) >= 11 is 6.08. The second-order valence-corrected chi connectivity index (χ2v) is 6.30. The lowest BCUT2D eigenvalue weighted by Crippen LogP contribution is -2.48. The number of anilines is 1. The van der Waals surface area contributed by atoms with Crippen LogP contribution in [0, 0.1) is 5.82 Å². The van der Waals surface area contributed by atoms with E-state index in [0.717, 1.165) is 0 Å². The van der Waals surface area contributed by atoms with Gasteiger partial charge in [-0.05, 0) is 36.4 Å². The summed E-state index contributed by atoms with van der Waals surface area (Å²) in [7, 11) is 0. The summed E-state index contributed by atoms with van der Waals surface area (Å²) in [6.45, 7) is 3.04. The van der Waals surface area contributed by atoms with Gasteiger partial charge in [-0.3, -0.25) is 9.69 Å². The molecule has 1 aliphatic rings. The molecule has 0 radical (unpaired) electrons. The fraction of sp³-hybridized carbons (Fsp3) is 0.278. The van der Waals surface area contributed by atoms with E-state index in [-0.39, 0.29) is 11.7 Å². The molecular weight excluding hydrogens is 329 g/mol. The van der Waals surface area contributed by atoms with E-state index < -0.39 is 0 Å². The molecule has 6 heteroatoms. The molecule has 0 atom stereocenters. The maximum atomic E-state index is 13.9. The molecule has 2 N–H and O–H groups in total. The number of carbonyl (C=O) groups is 1. The van der Waals surface area contributed by atoms with Crippen LogP contribution >= 0.6 is 11.6 Å². The van der Waals surface area contributed by atoms with Crippen molar-refractivity contribution in [2.24, 2.45) is 0 Å². The Morgan fingerprint density at radius 1 is 1.08 bits per heavy atom. The lowest BCUT2D eigenvalue weighted by molar-refractivity contribution is 0.0627. The minimum atomic E-state index is -0.289. The number of hydrogen-bond donors (Lipinski definition) is 1. The van der Waals surface area contributed by atoms with E-state index in [9.17, 15) is 9.18 Å². The average Bonchev–Trinajstić information content (AvgIpc) is 2.59. The molecule has 24 heavy (non-hydrogen) atoms. The topological polar surface area (TPSA) is 49.6 Å².